The van der Waals surface area contributed by atoms with Crippen LogP contribution in [0.5, 0.6) is 0 Å². The summed E-state index contributed by atoms with van der Waals surface area (Å²) in [4.78, 5) is 10.8. The van der Waals surface area contributed by atoms with Gasteiger partial charge in [-0.1, -0.05) is 29.3 Å². The summed E-state index contributed by atoms with van der Waals surface area (Å²) < 4.78 is 0. The van der Waals surface area contributed by atoms with Crippen molar-refractivity contribution in [3.63, 3.8) is 0 Å². The van der Waals surface area contributed by atoms with Crippen LogP contribution in [0.1, 0.15) is 16.3 Å². The van der Waals surface area contributed by atoms with Gasteiger partial charge in [0, 0.05) is 36.1 Å². The Labute approximate surface area is 174 Å². The smallest absolute Gasteiger partial charge is 0.193 e. The molecule has 0 spiro atoms. The minimum Gasteiger partial charge on any atom is -0.356 e. The second-order valence-corrected chi connectivity index (χ2v) is 7.01. The van der Waals surface area contributed by atoms with E-state index < -0.39 is 0 Å². The average molecular weight is 499 g/mol. The first-order valence-electron chi connectivity index (χ1n) is 7.27. The zero-order valence-electron chi connectivity index (χ0n) is 13.8. The molecular formula is C16H21Cl2IN4S. The van der Waals surface area contributed by atoms with Crippen molar-refractivity contribution >= 4 is 64.5 Å². The standard InChI is InChI=1S/C16H20Cl2N4S.HI/c1-11-21-12(10-23-11)9-22(3)16(19-2)20-8-7-13-14(17)5-4-6-15(13)18;/h4-6,10H,7-9H2,1-3H3,(H,19,20);1H. The molecule has 1 N–H and O–H groups in total. The second kappa shape index (κ2) is 10.4. The molecule has 2 rings (SSSR count). The van der Waals surface area contributed by atoms with Crippen molar-refractivity contribution in [3.05, 3.63) is 49.9 Å². The molecule has 0 aliphatic heterocycles. The summed E-state index contributed by atoms with van der Waals surface area (Å²) in [5.41, 5.74) is 2.00. The SMILES string of the molecule is CN=C(NCCc1c(Cl)cccc1Cl)N(C)Cc1csc(C)n1.I. The average Bonchev–Trinajstić information content (AvgIpc) is 2.91. The molecule has 0 unspecified atom stereocenters. The van der Waals surface area contributed by atoms with Crippen LogP contribution in [0.25, 0.3) is 0 Å². The highest BCUT2D eigenvalue weighted by Crippen LogP contribution is 2.24. The van der Waals surface area contributed by atoms with Gasteiger partial charge in [0.2, 0.25) is 0 Å². The molecule has 132 valence electrons. The van der Waals surface area contributed by atoms with Gasteiger partial charge in [-0.25, -0.2) is 4.98 Å². The van der Waals surface area contributed by atoms with Gasteiger partial charge in [-0.2, -0.15) is 0 Å². The second-order valence-electron chi connectivity index (χ2n) is 5.14. The van der Waals surface area contributed by atoms with Gasteiger partial charge in [-0.3, -0.25) is 4.99 Å². The first kappa shape index (κ1) is 21.5. The number of aryl methyl sites for hydroxylation is 1. The Morgan fingerprint density at radius 2 is 2.00 bits per heavy atom. The van der Waals surface area contributed by atoms with E-state index in [1.54, 1.807) is 18.4 Å². The molecule has 24 heavy (non-hydrogen) atoms. The van der Waals surface area contributed by atoms with Crippen LogP contribution in [0.2, 0.25) is 10.0 Å². The molecule has 2 aromatic rings. The predicted octanol–water partition coefficient (Wildman–Crippen LogP) is 4.63. The zero-order valence-corrected chi connectivity index (χ0v) is 18.5. The van der Waals surface area contributed by atoms with Gasteiger partial charge in [0.25, 0.3) is 0 Å². The molecule has 0 aliphatic rings. The van der Waals surface area contributed by atoms with E-state index in [-0.39, 0.29) is 24.0 Å². The molecular weight excluding hydrogens is 478 g/mol. The first-order valence-corrected chi connectivity index (χ1v) is 8.90. The molecule has 0 atom stereocenters. The fraction of sp³-hybridized carbons (Fsp3) is 0.375. The Morgan fingerprint density at radius 3 is 2.54 bits per heavy atom. The number of benzene rings is 1. The van der Waals surface area contributed by atoms with Crippen LogP contribution in [0, 0.1) is 6.92 Å². The quantitative estimate of drug-likeness (QED) is 0.371. The van der Waals surface area contributed by atoms with E-state index in [1.165, 1.54) is 0 Å². The van der Waals surface area contributed by atoms with Gasteiger partial charge >= 0.3 is 0 Å². The topological polar surface area (TPSA) is 40.5 Å². The van der Waals surface area contributed by atoms with Gasteiger partial charge < -0.3 is 10.2 Å². The lowest BCUT2D eigenvalue weighted by molar-refractivity contribution is 0.471. The van der Waals surface area contributed by atoms with Crippen molar-refractivity contribution in [3.8, 4) is 0 Å². The summed E-state index contributed by atoms with van der Waals surface area (Å²) >= 11 is 14.0. The number of aromatic nitrogens is 1. The molecule has 1 heterocycles. The lowest BCUT2D eigenvalue weighted by Gasteiger charge is -2.21. The van der Waals surface area contributed by atoms with Crippen molar-refractivity contribution in [2.24, 2.45) is 4.99 Å². The Kier molecular flexibility index (Phi) is 9.33. The molecule has 0 saturated carbocycles. The first-order chi connectivity index (χ1) is 11.0. The molecule has 0 amide bonds. The Balaban J connectivity index is 0.00000288. The van der Waals surface area contributed by atoms with E-state index in [9.17, 15) is 0 Å². The number of aliphatic imine (C=N–C) groups is 1. The van der Waals surface area contributed by atoms with Crippen LogP contribution >= 0.6 is 58.5 Å². The molecule has 1 aromatic carbocycles. The fourth-order valence-electron chi connectivity index (χ4n) is 2.25. The predicted molar refractivity (Wildman–Crippen MR) is 115 cm³/mol. The maximum absolute atomic E-state index is 6.19. The van der Waals surface area contributed by atoms with Crippen molar-refractivity contribution in [1.82, 2.24) is 15.2 Å². The number of hydrogen-bond acceptors (Lipinski definition) is 3. The van der Waals surface area contributed by atoms with E-state index in [2.05, 4.69) is 20.7 Å². The van der Waals surface area contributed by atoms with Crippen LogP contribution in [0.15, 0.2) is 28.6 Å². The largest absolute Gasteiger partial charge is 0.356 e. The van der Waals surface area contributed by atoms with Crippen molar-refractivity contribution in [1.29, 1.82) is 0 Å². The van der Waals surface area contributed by atoms with Crippen molar-refractivity contribution in [2.45, 2.75) is 19.9 Å². The molecule has 0 aliphatic carbocycles. The lowest BCUT2D eigenvalue weighted by atomic mass is 10.1. The van der Waals surface area contributed by atoms with Crippen LogP contribution in [0.4, 0.5) is 0 Å². The van der Waals surface area contributed by atoms with Gasteiger partial charge in [-0.05, 0) is 31.0 Å². The number of halogens is 3. The summed E-state index contributed by atoms with van der Waals surface area (Å²) in [6.45, 7) is 3.43. The van der Waals surface area contributed by atoms with Crippen LogP contribution in [-0.2, 0) is 13.0 Å². The molecule has 0 radical (unpaired) electrons. The summed E-state index contributed by atoms with van der Waals surface area (Å²) in [6, 6.07) is 5.56. The van der Waals surface area contributed by atoms with Crippen molar-refractivity contribution < 1.29 is 0 Å². The Hall–Kier alpha value is -0.570. The Bertz CT molecular complexity index is 670. The zero-order chi connectivity index (χ0) is 16.8. The molecule has 0 saturated heterocycles. The maximum Gasteiger partial charge on any atom is 0.193 e. The summed E-state index contributed by atoms with van der Waals surface area (Å²) in [7, 11) is 3.76. The number of hydrogen-bond donors (Lipinski definition) is 1. The highest BCUT2D eigenvalue weighted by molar-refractivity contribution is 14.0. The molecule has 1 aromatic heterocycles. The summed E-state index contributed by atoms with van der Waals surface area (Å²) in [5.74, 6) is 0.818. The van der Waals surface area contributed by atoms with Gasteiger partial charge in [0.05, 0.1) is 17.2 Å². The third-order valence-electron chi connectivity index (χ3n) is 3.36. The van der Waals surface area contributed by atoms with Gasteiger partial charge in [0.15, 0.2) is 5.96 Å². The number of nitrogens with one attached hydrogen (secondary N) is 1. The van der Waals surface area contributed by atoms with E-state index in [1.807, 2.05) is 37.1 Å². The lowest BCUT2D eigenvalue weighted by Crippen LogP contribution is -2.39. The van der Waals surface area contributed by atoms with Crippen molar-refractivity contribution in [2.75, 3.05) is 20.6 Å². The monoisotopic (exact) mass is 498 g/mol. The molecule has 0 bridgehead atoms. The number of rotatable bonds is 5. The molecule has 0 fully saturated rings. The van der Waals surface area contributed by atoms with Crippen LogP contribution in [-0.4, -0.2) is 36.5 Å². The van der Waals surface area contributed by atoms with Crippen LogP contribution in [0.3, 0.4) is 0 Å². The maximum atomic E-state index is 6.19. The normalized spacial score (nSPS) is 11.1. The number of nitrogens with zero attached hydrogens (tertiary/aromatic N) is 3. The van der Waals surface area contributed by atoms with E-state index in [0.717, 1.165) is 35.2 Å². The Morgan fingerprint density at radius 1 is 1.33 bits per heavy atom. The molecule has 4 nitrogen and oxygen atoms in total. The number of guanidine groups is 1. The minimum atomic E-state index is 0. The van der Waals surface area contributed by atoms with Crippen LogP contribution < -0.4 is 5.32 Å². The highest BCUT2D eigenvalue weighted by atomic mass is 127. The number of thiazole rings is 1. The minimum absolute atomic E-state index is 0. The third-order valence-corrected chi connectivity index (χ3v) is 4.89. The molecule has 8 heteroatoms. The third kappa shape index (κ3) is 6.06. The highest BCUT2D eigenvalue weighted by Gasteiger charge is 2.10. The summed E-state index contributed by atoms with van der Waals surface area (Å²) in [5, 5.41) is 7.87. The van der Waals surface area contributed by atoms with Gasteiger partial charge in [-0.15, -0.1) is 35.3 Å². The fourth-order valence-corrected chi connectivity index (χ4v) is 3.44. The van der Waals surface area contributed by atoms with E-state index in [4.69, 9.17) is 23.2 Å². The van der Waals surface area contributed by atoms with Gasteiger partial charge in [0.1, 0.15) is 0 Å². The summed E-state index contributed by atoms with van der Waals surface area (Å²) in [6.07, 6.45) is 0.737. The van der Waals surface area contributed by atoms with E-state index >= 15 is 0 Å². The van der Waals surface area contributed by atoms with E-state index in [0.29, 0.717) is 16.6 Å².